The van der Waals surface area contributed by atoms with E-state index in [1.807, 2.05) is 0 Å². The van der Waals surface area contributed by atoms with Crippen LogP contribution in [0.3, 0.4) is 0 Å². The minimum absolute atomic E-state index is 0.0117. The molecule has 4 rings (SSSR count). The summed E-state index contributed by atoms with van der Waals surface area (Å²) in [6.07, 6.45) is 1.78. The largest absolute Gasteiger partial charge is 0.339 e. The number of fused-ring (bicyclic) bond motifs is 1. The predicted molar refractivity (Wildman–Crippen MR) is 106 cm³/mol. The molecule has 8 nitrogen and oxygen atoms in total. The Labute approximate surface area is 171 Å². The molecular formula is C19H16ClN3O5S. The average Bonchev–Trinajstić information content (AvgIpc) is 3.31. The molecule has 3 amide bonds. The van der Waals surface area contributed by atoms with Gasteiger partial charge in [0.2, 0.25) is 0 Å². The van der Waals surface area contributed by atoms with Crippen LogP contribution in [0.25, 0.3) is 0 Å². The minimum Gasteiger partial charge on any atom is -0.339 e. The van der Waals surface area contributed by atoms with Gasteiger partial charge in [0.15, 0.2) is 0 Å². The number of nitrogens with zero attached hydrogens (tertiary/aromatic N) is 1. The van der Waals surface area contributed by atoms with Gasteiger partial charge >= 0.3 is 0 Å². The van der Waals surface area contributed by atoms with E-state index in [4.69, 9.17) is 11.6 Å². The van der Waals surface area contributed by atoms with Crippen molar-refractivity contribution in [2.75, 3.05) is 17.8 Å². The van der Waals surface area contributed by atoms with Crippen LogP contribution >= 0.6 is 11.6 Å². The van der Waals surface area contributed by atoms with E-state index >= 15 is 0 Å². The van der Waals surface area contributed by atoms with E-state index < -0.39 is 21.8 Å². The Kier molecular flexibility index (Phi) is 4.79. The van der Waals surface area contributed by atoms with Gasteiger partial charge in [-0.1, -0.05) is 11.6 Å². The van der Waals surface area contributed by atoms with E-state index in [2.05, 4.69) is 10.0 Å². The number of halogens is 1. The molecule has 0 atom stereocenters. The van der Waals surface area contributed by atoms with Gasteiger partial charge in [-0.2, -0.15) is 0 Å². The number of imide groups is 1. The van der Waals surface area contributed by atoms with Crippen molar-refractivity contribution in [2.45, 2.75) is 17.7 Å². The average molecular weight is 434 g/mol. The van der Waals surface area contributed by atoms with Crippen molar-refractivity contribution >= 4 is 45.0 Å². The van der Waals surface area contributed by atoms with Crippen LogP contribution in [0.2, 0.25) is 5.02 Å². The molecule has 1 saturated heterocycles. The third-order valence-electron chi connectivity index (χ3n) is 4.87. The van der Waals surface area contributed by atoms with Gasteiger partial charge in [0.25, 0.3) is 27.7 Å². The predicted octanol–water partition coefficient (Wildman–Crippen LogP) is 2.26. The molecule has 0 radical (unpaired) electrons. The zero-order chi connectivity index (χ0) is 20.8. The second-order valence-electron chi connectivity index (χ2n) is 6.79. The summed E-state index contributed by atoms with van der Waals surface area (Å²) in [5.74, 6) is -1.53. The topological polar surface area (TPSA) is 113 Å². The Morgan fingerprint density at radius 1 is 1.00 bits per heavy atom. The molecule has 2 heterocycles. The summed E-state index contributed by atoms with van der Waals surface area (Å²) >= 11 is 6.03. The van der Waals surface area contributed by atoms with Crippen molar-refractivity contribution in [3.8, 4) is 0 Å². The number of benzene rings is 2. The van der Waals surface area contributed by atoms with E-state index in [0.29, 0.717) is 18.1 Å². The Morgan fingerprint density at radius 3 is 2.41 bits per heavy atom. The number of sulfonamides is 1. The fourth-order valence-corrected chi connectivity index (χ4v) is 4.67. The smallest absolute Gasteiger partial charge is 0.261 e. The molecular weight excluding hydrogens is 418 g/mol. The Hall–Kier alpha value is -2.91. The molecule has 10 heteroatoms. The third-order valence-corrected chi connectivity index (χ3v) is 6.47. The number of carbonyl (C=O) groups excluding carboxylic acids is 3. The summed E-state index contributed by atoms with van der Waals surface area (Å²) in [6.45, 7) is 1.21. The van der Waals surface area contributed by atoms with Gasteiger partial charge in [-0.15, -0.1) is 0 Å². The van der Waals surface area contributed by atoms with Crippen molar-refractivity contribution in [1.82, 2.24) is 10.2 Å². The highest BCUT2D eigenvalue weighted by Gasteiger charge is 2.30. The summed E-state index contributed by atoms with van der Waals surface area (Å²) in [6, 6.07) is 7.98. The van der Waals surface area contributed by atoms with Crippen LogP contribution in [-0.4, -0.2) is 44.1 Å². The van der Waals surface area contributed by atoms with E-state index in [1.54, 1.807) is 4.90 Å². The van der Waals surface area contributed by atoms with E-state index in [1.165, 1.54) is 30.3 Å². The van der Waals surface area contributed by atoms with Gasteiger partial charge in [0, 0.05) is 18.1 Å². The highest BCUT2D eigenvalue weighted by Crippen LogP contribution is 2.27. The van der Waals surface area contributed by atoms with E-state index in [9.17, 15) is 22.8 Å². The Morgan fingerprint density at radius 2 is 1.69 bits per heavy atom. The van der Waals surface area contributed by atoms with Gasteiger partial charge in [-0.05, 0) is 49.2 Å². The maximum absolute atomic E-state index is 12.9. The molecule has 2 aliphatic heterocycles. The number of rotatable bonds is 4. The van der Waals surface area contributed by atoms with Crippen molar-refractivity contribution in [3.63, 3.8) is 0 Å². The number of likely N-dealkylation sites (tertiary alicyclic amines) is 1. The number of nitrogens with one attached hydrogen (secondary N) is 2. The van der Waals surface area contributed by atoms with Gasteiger partial charge in [0.05, 0.1) is 27.3 Å². The SMILES string of the molecule is O=C1NC(=O)c2cc(S(=O)(=O)Nc3ccc(Cl)cc3C(=O)N3CCCC3)ccc21. The van der Waals surface area contributed by atoms with Gasteiger partial charge in [-0.25, -0.2) is 8.42 Å². The maximum atomic E-state index is 12.9. The lowest BCUT2D eigenvalue weighted by Crippen LogP contribution is -2.29. The first kappa shape index (κ1) is 19.4. The second kappa shape index (κ2) is 7.16. The van der Waals surface area contributed by atoms with Crippen molar-refractivity contribution < 1.29 is 22.8 Å². The summed E-state index contributed by atoms with van der Waals surface area (Å²) in [5.41, 5.74) is 0.345. The van der Waals surface area contributed by atoms with Crippen molar-refractivity contribution in [2.24, 2.45) is 0 Å². The van der Waals surface area contributed by atoms with Crippen molar-refractivity contribution in [1.29, 1.82) is 0 Å². The van der Waals surface area contributed by atoms with Crippen molar-refractivity contribution in [3.05, 3.63) is 58.1 Å². The summed E-state index contributed by atoms with van der Waals surface area (Å²) in [4.78, 5) is 37.7. The molecule has 0 spiro atoms. The molecule has 2 aliphatic rings. The quantitative estimate of drug-likeness (QED) is 0.718. The lowest BCUT2D eigenvalue weighted by atomic mass is 10.1. The summed E-state index contributed by atoms with van der Waals surface area (Å²) < 4.78 is 28.2. The molecule has 0 unspecified atom stereocenters. The number of hydrogen-bond donors (Lipinski definition) is 2. The maximum Gasteiger partial charge on any atom is 0.261 e. The fraction of sp³-hybridized carbons (Fsp3) is 0.211. The monoisotopic (exact) mass is 433 g/mol. The first-order valence-corrected chi connectivity index (χ1v) is 10.7. The van der Waals surface area contributed by atoms with Crippen LogP contribution in [-0.2, 0) is 10.0 Å². The zero-order valence-electron chi connectivity index (χ0n) is 15.1. The molecule has 2 aromatic rings. The summed E-state index contributed by atoms with van der Waals surface area (Å²) in [5, 5.41) is 2.42. The highest BCUT2D eigenvalue weighted by molar-refractivity contribution is 7.92. The molecule has 150 valence electrons. The Balaban J connectivity index is 1.69. The van der Waals surface area contributed by atoms with E-state index in [-0.39, 0.29) is 33.2 Å². The van der Waals surface area contributed by atoms with Crippen LogP contribution in [0.1, 0.15) is 43.9 Å². The van der Waals surface area contributed by atoms with Gasteiger partial charge < -0.3 is 4.90 Å². The zero-order valence-corrected chi connectivity index (χ0v) is 16.6. The minimum atomic E-state index is -4.12. The number of hydrogen-bond acceptors (Lipinski definition) is 5. The summed E-state index contributed by atoms with van der Waals surface area (Å²) in [7, 11) is -4.12. The van der Waals surface area contributed by atoms with Crippen LogP contribution in [0.5, 0.6) is 0 Å². The first-order valence-electron chi connectivity index (χ1n) is 8.88. The number of carbonyl (C=O) groups is 3. The standard InChI is InChI=1S/C19H16ClN3O5S/c20-11-3-6-16(15(9-11)19(26)23-7-1-2-8-23)22-29(27,28)12-4-5-13-14(10-12)18(25)21-17(13)24/h3-6,9-10,22H,1-2,7-8H2,(H,21,24,25). The van der Waals surface area contributed by atoms with Gasteiger partial charge in [-0.3, -0.25) is 24.4 Å². The molecule has 0 aliphatic carbocycles. The fourth-order valence-electron chi connectivity index (χ4n) is 3.39. The highest BCUT2D eigenvalue weighted by atomic mass is 35.5. The number of amides is 3. The lowest BCUT2D eigenvalue weighted by molar-refractivity contribution is 0.0792. The van der Waals surface area contributed by atoms with Crippen LogP contribution in [0, 0.1) is 0 Å². The first-order chi connectivity index (χ1) is 13.8. The molecule has 0 aromatic heterocycles. The molecule has 29 heavy (non-hydrogen) atoms. The molecule has 0 saturated carbocycles. The Bertz CT molecular complexity index is 1160. The molecule has 2 N–H and O–H groups in total. The molecule has 2 aromatic carbocycles. The number of anilines is 1. The van der Waals surface area contributed by atoms with Crippen LogP contribution in [0.15, 0.2) is 41.3 Å². The lowest BCUT2D eigenvalue weighted by Gasteiger charge is -2.18. The third kappa shape index (κ3) is 3.58. The normalized spacial score (nSPS) is 16.0. The van der Waals surface area contributed by atoms with Gasteiger partial charge in [0.1, 0.15) is 0 Å². The molecule has 0 bridgehead atoms. The van der Waals surface area contributed by atoms with E-state index in [0.717, 1.165) is 18.9 Å². The van der Waals surface area contributed by atoms with Crippen LogP contribution < -0.4 is 10.0 Å². The van der Waals surface area contributed by atoms with Crippen LogP contribution in [0.4, 0.5) is 5.69 Å². The second-order valence-corrected chi connectivity index (χ2v) is 8.90. The molecule has 1 fully saturated rings.